The van der Waals surface area contributed by atoms with Gasteiger partial charge in [0.15, 0.2) is 23.1 Å². The summed E-state index contributed by atoms with van der Waals surface area (Å²) in [5, 5.41) is 15.1. The van der Waals surface area contributed by atoms with Gasteiger partial charge in [-0.3, -0.25) is 34.1 Å². The Morgan fingerprint density at radius 3 is 1.19 bits per heavy atom. The zero-order valence-electron chi connectivity index (χ0n) is 59.4. The zero-order chi connectivity index (χ0) is 75.2. The first-order valence-electron chi connectivity index (χ1n) is 35.9. The Morgan fingerprint density at radius 2 is 0.676 bits per heavy atom. The number of aromatic nitrogens is 6. The molecule has 0 aliphatic carbocycles. The van der Waals surface area contributed by atoms with Gasteiger partial charge >= 0.3 is 0 Å². The molecule has 4 aliphatic heterocycles. The summed E-state index contributed by atoms with van der Waals surface area (Å²) in [5.74, 6) is -0.428. The number of pyridine rings is 2. The van der Waals surface area contributed by atoms with Crippen LogP contribution in [0, 0.1) is 23.3 Å². The maximum Gasteiger partial charge on any atom is 0.187 e. The van der Waals surface area contributed by atoms with Gasteiger partial charge in [-0.2, -0.15) is 0 Å². The molecule has 0 saturated carbocycles. The number of benzene rings is 8. The minimum Gasteiger partial charge on any atom is -0.398 e. The molecule has 16 rings (SSSR count). The number of carbonyl (C=O) groups excluding carboxylic acids is 4. The lowest BCUT2D eigenvalue weighted by atomic mass is 10.00. The van der Waals surface area contributed by atoms with Crippen molar-refractivity contribution >= 4 is 113 Å². The van der Waals surface area contributed by atoms with Gasteiger partial charge in [-0.05, 0) is 180 Å². The number of rotatable bonds is 16. The molecule has 0 spiro atoms. The van der Waals surface area contributed by atoms with Crippen molar-refractivity contribution in [2.75, 3.05) is 147 Å². The van der Waals surface area contributed by atoms with Crippen LogP contribution >= 0.6 is 0 Å². The van der Waals surface area contributed by atoms with Gasteiger partial charge < -0.3 is 63.8 Å². The van der Waals surface area contributed by atoms with Gasteiger partial charge in [0.25, 0.3) is 0 Å². The first-order valence-corrected chi connectivity index (χ1v) is 35.9. The predicted molar refractivity (Wildman–Crippen MR) is 418 cm³/mol. The fourth-order valence-corrected chi connectivity index (χ4v) is 13.2. The molecule has 4 saturated heterocycles. The molecular formula is C82H82F4N18O4. The number of nitrogens with zero attached hydrogens (tertiary/aromatic N) is 10. The number of hydrogen-bond donors (Lipinski definition) is 8. The second-order valence-electron chi connectivity index (χ2n) is 26.8. The van der Waals surface area contributed by atoms with Crippen LogP contribution in [0.3, 0.4) is 0 Å². The van der Waals surface area contributed by atoms with Crippen LogP contribution in [-0.2, 0) is 25.7 Å². The molecule has 0 amide bonds. The highest BCUT2D eigenvalue weighted by Crippen LogP contribution is 2.28. The van der Waals surface area contributed by atoms with Gasteiger partial charge in [-0.15, -0.1) is 0 Å². The van der Waals surface area contributed by atoms with Crippen molar-refractivity contribution < 1.29 is 36.7 Å². The number of Topliss-reactive ketones (excluding diaryl/α,β-unsaturated/α-hetero) is 4. The van der Waals surface area contributed by atoms with E-state index in [4.69, 9.17) is 27.9 Å². The van der Waals surface area contributed by atoms with Crippen LogP contribution in [0.25, 0.3) is 43.9 Å². The molecule has 0 bridgehead atoms. The molecule has 4 fully saturated rings. The third-order valence-corrected chi connectivity index (χ3v) is 19.3. The van der Waals surface area contributed by atoms with Crippen molar-refractivity contribution in [2.24, 2.45) is 0 Å². The Hall–Kier alpha value is -12.1. The Morgan fingerprint density at radius 1 is 0.315 bits per heavy atom. The smallest absolute Gasteiger partial charge is 0.187 e. The molecule has 26 heteroatoms. The first kappa shape index (κ1) is 74.2. The highest BCUT2D eigenvalue weighted by atomic mass is 19.1. The average Bonchev–Trinajstić information content (AvgIpc) is 0.818. The number of fused-ring (bicyclic) bond motifs is 4. The van der Waals surface area contributed by atoms with E-state index >= 15 is 0 Å². The monoisotopic (exact) mass is 1460 g/mol. The highest BCUT2D eigenvalue weighted by molar-refractivity contribution is 6.03. The van der Waals surface area contributed by atoms with Crippen LogP contribution < -0.4 is 63.8 Å². The molecule has 0 atom stereocenters. The number of nitrogen functional groups attached to an aromatic ring is 4. The quantitative estimate of drug-likeness (QED) is 0.0253. The minimum absolute atomic E-state index is 0.0113. The van der Waals surface area contributed by atoms with E-state index < -0.39 is 23.3 Å². The molecule has 4 aliphatic rings. The topological polar surface area (TPSA) is 311 Å². The summed E-state index contributed by atoms with van der Waals surface area (Å²) < 4.78 is 53.6. The molecule has 8 heterocycles. The number of halogens is 4. The summed E-state index contributed by atoms with van der Waals surface area (Å²) in [5.41, 5.74) is 35.5. The van der Waals surface area contributed by atoms with Gasteiger partial charge in [0.2, 0.25) is 0 Å². The fraction of sp³-hybridized carbons (Fsp3) is 0.244. The van der Waals surface area contributed by atoms with E-state index in [1.165, 1.54) is 79.0 Å². The van der Waals surface area contributed by atoms with E-state index in [-0.39, 0.29) is 54.5 Å². The van der Waals surface area contributed by atoms with Crippen molar-refractivity contribution in [1.82, 2.24) is 51.2 Å². The van der Waals surface area contributed by atoms with E-state index in [2.05, 4.69) is 77.9 Å². The molecule has 4 aromatic heterocycles. The number of piperazine rings is 4. The van der Waals surface area contributed by atoms with E-state index in [0.717, 1.165) is 161 Å². The van der Waals surface area contributed by atoms with Crippen LogP contribution in [-0.4, -0.2) is 158 Å². The Labute approximate surface area is 621 Å². The van der Waals surface area contributed by atoms with Crippen LogP contribution in [0.5, 0.6) is 0 Å². The van der Waals surface area contributed by atoms with E-state index in [0.29, 0.717) is 72.7 Å². The van der Waals surface area contributed by atoms with Crippen molar-refractivity contribution in [2.45, 2.75) is 25.7 Å². The molecule has 0 unspecified atom stereocenters. The normalized spacial score (nSPS) is 14.5. The van der Waals surface area contributed by atoms with E-state index in [1.807, 2.05) is 54.6 Å². The second kappa shape index (κ2) is 34.4. The van der Waals surface area contributed by atoms with Gasteiger partial charge in [0.1, 0.15) is 40.6 Å². The van der Waals surface area contributed by atoms with Gasteiger partial charge in [-0.25, -0.2) is 32.5 Å². The number of ketones is 4. The molecule has 8 aromatic carbocycles. The molecule has 108 heavy (non-hydrogen) atoms. The number of hydrogen-bond acceptors (Lipinski definition) is 22. The van der Waals surface area contributed by atoms with Crippen molar-refractivity contribution in [3.8, 4) is 0 Å². The van der Waals surface area contributed by atoms with Crippen LogP contribution in [0.15, 0.2) is 182 Å². The maximum atomic E-state index is 13.4. The lowest BCUT2D eigenvalue weighted by Crippen LogP contribution is -2.43. The van der Waals surface area contributed by atoms with Crippen molar-refractivity contribution in [3.05, 3.63) is 250 Å². The van der Waals surface area contributed by atoms with Crippen molar-refractivity contribution in [1.29, 1.82) is 0 Å². The molecule has 22 nitrogen and oxygen atoms in total. The lowest BCUT2D eigenvalue weighted by Gasteiger charge is -2.29. The average molecular weight is 1460 g/mol. The van der Waals surface area contributed by atoms with Crippen LogP contribution in [0.4, 0.5) is 63.3 Å². The SMILES string of the molecule is Nc1ccc(F)cc1CC(=O)c1ccc2nc(N3CCNCC3)ccc2c1.Nc1ccc(F)cc1CC(=O)c1ccc2nc(N3CCNCC3)cnc2c1.Nc1ccc(F)cc1CC(=O)c1cnc2cc(N3CCNCC3)ccc2c1.Nc1ccc(F)cc1CC(=O)c1cnc2cc(N3CCNCC3)ccc2n1. The third kappa shape index (κ3) is 18.7. The molecule has 12 aromatic rings. The van der Waals surface area contributed by atoms with E-state index in [9.17, 15) is 36.7 Å². The van der Waals surface area contributed by atoms with Gasteiger partial charge in [0, 0.05) is 198 Å². The summed E-state index contributed by atoms with van der Waals surface area (Å²) in [7, 11) is 0. The number of nitrogens with two attached hydrogens (primary N) is 4. The third-order valence-electron chi connectivity index (χ3n) is 19.3. The summed E-state index contributed by atoms with van der Waals surface area (Å²) in [6.07, 6.45) is 4.96. The minimum atomic E-state index is -0.419. The standard InChI is InChI=1S/2C21H21FN4O.2C20H20FN5O/c22-17-3-4-18(23)16(12-17)13-20(27)15-1-5-19-14(11-15)2-6-21(25-19)26-9-7-24-8-10-26;22-17-2-4-19(23)15(10-17)11-21(27)16-9-14-1-3-18(12-20(14)25-13-16)26-7-5-24-6-8-26;21-15-2-3-16(22)14(9-15)11-19(27)13-1-4-17-18(10-13)24-12-20(25-17)26-7-5-23-6-8-26;21-14-1-3-16(22)13(9-14)10-20(27)19-12-24-18-11-15(2-4-17(18)25-19)26-7-5-23-6-8-26/h1-6,11-12,24H,7-10,13,23H2;1-4,9-10,12-13,24H,5-8,11,23H2;1-4,9-10,12,23H,5-8,11,22H2;1-4,9,11-12,23H,5-8,10,22H2. The van der Waals surface area contributed by atoms with Crippen LogP contribution in [0.1, 0.15) is 63.8 Å². The second-order valence-corrected chi connectivity index (χ2v) is 26.8. The Kier molecular flexibility index (Phi) is 23.6. The summed E-state index contributed by atoms with van der Waals surface area (Å²) in [6, 6.07) is 44.8. The summed E-state index contributed by atoms with van der Waals surface area (Å²) >= 11 is 0. The molecule has 552 valence electrons. The molecule has 0 radical (unpaired) electrons. The highest BCUT2D eigenvalue weighted by Gasteiger charge is 2.21. The molecule has 12 N–H and O–H groups in total. The number of anilines is 8. The Bertz CT molecular complexity index is 4650. The maximum absolute atomic E-state index is 13.4. The summed E-state index contributed by atoms with van der Waals surface area (Å²) in [4.78, 5) is 86.6. The summed E-state index contributed by atoms with van der Waals surface area (Å²) in [6.45, 7) is 15.1. The predicted octanol–water partition coefficient (Wildman–Crippen LogP) is 9.95. The Balaban J connectivity index is 0.000000127. The van der Waals surface area contributed by atoms with Gasteiger partial charge in [0.05, 0.1) is 45.5 Å². The van der Waals surface area contributed by atoms with E-state index in [1.54, 1.807) is 36.7 Å². The van der Waals surface area contributed by atoms with Crippen molar-refractivity contribution in [3.63, 3.8) is 0 Å². The lowest BCUT2D eigenvalue weighted by molar-refractivity contribution is 0.0981. The number of nitrogens with one attached hydrogen (secondary N) is 4. The first-order chi connectivity index (χ1) is 52.4. The van der Waals surface area contributed by atoms with Crippen LogP contribution in [0.2, 0.25) is 0 Å². The number of carbonyl (C=O) groups is 4. The largest absolute Gasteiger partial charge is 0.398 e. The molecular weight excluding hydrogens is 1380 g/mol. The zero-order valence-corrected chi connectivity index (χ0v) is 59.4. The fourth-order valence-electron chi connectivity index (χ4n) is 13.2. The van der Waals surface area contributed by atoms with Gasteiger partial charge in [-0.1, -0.05) is 6.07 Å².